The molecule has 2 heterocycles. The monoisotopic (exact) mass is 319 g/mol. The van der Waals surface area contributed by atoms with Gasteiger partial charge in [-0.2, -0.15) is 0 Å². The number of thiazole rings is 1. The zero-order valence-corrected chi connectivity index (χ0v) is 11.7. The predicted octanol–water partition coefficient (Wildman–Crippen LogP) is 1.48. The molecule has 0 saturated carbocycles. The average molecular weight is 319 g/mol. The second kappa shape index (κ2) is 6.59. The summed E-state index contributed by atoms with van der Waals surface area (Å²) in [5.41, 5.74) is 0.494. The third kappa shape index (κ3) is 3.73. The average Bonchev–Trinajstić information content (AvgIpc) is 2.90. The third-order valence-electron chi connectivity index (χ3n) is 2.34. The van der Waals surface area contributed by atoms with Crippen molar-refractivity contribution in [3.05, 3.63) is 41.4 Å². The molecule has 0 aliphatic carbocycles. The number of amides is 1. The first-order chi connectivity index (χ1) is 10.5. The molecule has 0 bridgehead atoms. The van der Waals surface area contributed by atoms with E-state index >= 15 is 0 Å². The highest BCUT2D eigenvalue weighted by Gasteiger charge is 2.20. The number of hydrogen-bond acceptors (Lipinski definition) is 6. The lowest BCUT2D eigenvalue weighted by atomic mass is 10.2. The number of pyridine rings is 1. The molecule has 112 valence electrons. The maximum atomic E-state index is 11.5. The number of hydrogen-bond donors (Lipinski definition) is 3. The lowest BCUT2D eigenvalue weighted by Crippen LogP contribution is -2.08. The van der Waals surface area contributed by atoms with Crippen LogP contribution in [-0.4, -0.2) is 38.0 Å². The zero-order valence-electron chi connectivity index (χ0n) is 10.9. The second-order valence-corrected chi connectivity index (χ2v) is 4.88. The molecule has 3 N–H and O–H groups in total. The summed E-state index contributed by atoms with van der Waals surface area (Å²) >= 11 is 0.761. The lowest BCUT2D eigenvalue weighted by Gasteiger charge is -1.96. The Balaban J connectivity index is 2.30. The number of aromatic carboxylic acids is 1. The highest BCUT2D eigenvalue weighted by molar-refractivity contribution is 7.18. The van der Waals surface area contributed by atoms with Crippen LogP contribution < -0.4 is 5.32 Å². The quantitative estimate of drug-likeness (QED) is 0.712. The first-order valence-corrected chi connectivity index (χ1v) is 6.66. The van der Waals surface area contributed by atoms with Crippen LogP contribution in [0.2, 0.25) is 0 Å². The Kier molecular flexibility index (Phi) is 4.59. The second-order valence-electron chi connectivity index (χ2n) is 3.88. The van der Waals surface area contributed by atoms with Crippen molar-refractivity contribution < 1.29 is 24.6 Å². The van der Waals surface area contributed by atoms with Gasteiger partial charge in [-0.1, -0.05) is 17.4 Å². The van der Waals surface area contributed by atoms with Crippen molar-refractivity contribution in [2.24, 2.45) is 0 Å². The number of aliphatic carboxylic acids is 1. The third-order valence-corrected chi connectivity index (χ3v) is 3.30. The topological polar surface area (TPSA) is 129 Å². The smallest absolute Gasteiger partial charge is 0.348 e. The number of carbonyl (C=O) groups is 3. The normalized spacial score (nSPS) is 10.5. The molecule has 8 nitrogen and oxygen atoms in total. The molecule has 2 aromatic heterocycles. The van der Waals surface area contributed by atoms with Gasteiger partial charge in [0.05, 0.1) is 5.69 Å². The van der Waals surface area contributed by atoms with Crippen LogP contribution in [0, 0.1) is 0 Å². The maximum absolute atomic E-state index is 11.5. The fraction of sp³-hybridized carbons (Fsp3) is 0. The standard InChI is InChI=1S/C13H9N3O5S/c17-8(4-5-9(18)19)15-13-16-10(11(22-13)12(20)21)7-3-1-2-6-14-7/h1-6H,(H,18,19)(H,20,21)(H,15,16,17)/b5-4+. The number of rotatable bonds is 5. The summed E-state index contributed by atoms with van der Waals surface area (Å²) in [4.78, 5) is 41.0. The highest BCUT2D eigenvalue weighted by atomic mass is 32.1. The van der Waals surface area contributed by atoms with Crippen LogP contribution in [0.1, 0.15) is 9.67 Å². The summed E-state index contributed by atoms with van der Waals surface area (Å²) in [6.45, 7) is 0. The van der Waals surface area contributed by atoms with Gasteiger partial charge in [0.15, 0.2) is 5.13 Å². The number of nitrogens with zero attached hydrogens (tertiary/aromatic N) is 2. The number of aromatic nitrogens is 2. The number of anilines is 1. The minimum Gasteiger partial charge on any atom is -0.478 e. The Labute approximate surface area is 127 Å². The molecule has 9 heteroatoms. The van der Waals surface area contributed by atoms with E-state index < -0.39 is 17.8 Å². The van der Waals surface area contributed by atoms with Gasteiger partial charge in [0.25, 0.3) is 0 Å². The van der Waals surface area contributed by atoms with Crippen LogP contribution in [0.5, 0.6) is 0 Å². The van der Waals surface area contributed by atoms with E-state index in [9.17, 15) is 19.5 Å². The summed E-state index contributed by atoms with van der Waals surface area (Å²) in [5, 5.41) is 20.0. The SMILES string of the molecule is O=C(O)/C=C/C(=O)Nc1nc(-c2ccccn2)c(C(=O)O)s1. The molecule has 0 unspecified atom stereocenters. The van der Waals surface area contributed by atoms with Crippen molar-refractivity contribution in [3.63, 3.8) is 0 Å². The number of carbonyl (C=O) groups excluding carboxylic acids is 1. The van der Waals surface area contributed by atoms with Gasteiger partial charge in [-0.25, -0.2) is 14.6 Å². The number of carboxylic acid groups (broad SMARTS) is 2. The van der Waals surface area contributed by atoms with Crippen molar-refractivity contribution in [2.45, 2.75) is 0 Å². The van der Waals surface area contributed by atoms with Crippen LogP contribution in [0.3, 0.4) is 0 Å². The highest BCUT2D eigenvalue weighted by Crippen LogP contribution is 2.29. The largest absolute Gasteiger partial charge is 0.478 e. The molecular formula is C13H9N3O5S. The molecule has 22 heavy (non-hydrogen) atoms. The van der Waals surface area contributed by atoms with E-state index in [0.29, 0.717) is 11.8 Å². The van der Waals surface area contributed by atoms with E-state index in [2.05, 4.69) is 15.3 Å². The number of nitrogens with one attached hydrogen (secondary N) is 1. The van der Waals surface area contributed by atoms with E-state index in [-0.39, 0.29) is 15.7 Å². The summed E-state index contributed by atoms with van der Waals surface area (Å²) < 4.78 is 0. The van der Waals surface area contributed by atoms with Gasteiger partial charge in [-0.05, 0) is 12.1 Å². The Morgan fingerprint density at radius 3 is 2.55 bits per heavy atom. The van der Waals surface area contributed by atoms with E-state index in [1.54, 1.807) is 18.2 Å². The molecule has 0 aliphatic heterocycles. The summed E-state index contributed by atoms with van der Waals surface area (Å²) in [7, 11) is 0. The van der Waals surface area contributed by atoms with Crippen LogP contribution >= 0.6 is 11.3 Å². The van der Waals surface area contributed by atoms with Gasteiger partial charge in [-0.3, -0.25) is 15.1 Å². The van der Waals surface area contributed by atoms with E-state index in [0.717, 1.165) is 17.4 Å². The first kappa shape index (κ1) is 15.3. The zero-order chi connectivity index (χ0) is 16.1. The van der Waals surface area contributed by atoms with Crippen LogP contribution in [0.15, 0.2) is 36.5 Å². The molecule has 1 amide bonds. The van der Waals surface area contributed by atoms with Crippen LogP contribution in [-0.2, 0) is 9.59 Å². The fourth-order valence-corrected chi connectivity index (χ4v) is 2.31. The minimum absolute atomic E-state index is 0.0399. The molecule has 0 aliphatic rings. The van der Waals surface area contributed by atoms with Gasteiger partial charge in [0.1, 0.15) is 10.6 Å². The van der Waals surface area contributed by atoms with Crippen molar-refractivity contribution in [1.82, 2.24) is 9.97 Å². The van der Waals surface area contributed by atoms with Crippen molar-refractivity contribution in [2.75, 3.05) is 5.32 Å². The molecule has 0 spiro atoms. The van der Waals surface area contributed by atoms with Crippen molar-refractivity contribution >= 4 is 34.3 Å². The molecular weight excluding hydrogens is 310 g/mol. The van der Waals surface area contributed by atoms with E-state index in [1.165, 1.54) is 6.20 Å². The summed E-state index contributed by atoms with van der Waals surface area (Å²) in [6, 6.07) is 4.95. The van der Waals surface area contributed by atoms with Crippen LogP contribution in [0.4, 0.5) is 5.13 Å². The lowest BCUT2D eigenvalue weighted by molar-refractivity contribution is -0.131. The van der Waals surface area contributed by atoms with Gasteiger partial charge in [-0.15, -0.1) is 0 Å². The summed E-state index contributed by atoms with van der Waals surface area (Å²) in [6.07, 6.45) is 2.97. The predicted molar refractivity (Wildman–Crippen MR) is 77.7 cm³/mol. The Morgan fingerprint density at radius 2 is 1.95 bits per heavy atom. The number of carboxylic acids is 2. The molecule has 0 radical (unpaired) electrons. The first-order valence-electron chi connectivity index (χ1n) is 5.85. The maximum Gasteiger partial charge on any atom is 0.348 e. The molecule has 0 saturated heterocycles. The van der Waals surface area contributed by atoms with E-state index in [4.69, 9.17) is 5.11 Å². The van der Waals surface area contributed by atoms with Crippen molar-refractivity contribution in [1.29, 1.82) is 0 Å². The Bertz CT molecular complexity index is 754. The summed E-state index contributed by atoms with van der Waals surface area (Å²) in [5.74, 6) is -3.19. The van der Waals surface area contributed by atoms with Gasteiger partial charge >= 0.3 is 11.9 Å². The molecule has 0 fully saturated rings. The molecule has 2 rings (SSSR count). The minimum atomic E-state index is -1.27. The molecule has 2 aromatic rings. The van der Waals surface area contributed by atoms with Gasteiger partial charge < -0.3 is 10.2 Å². The van der Waals surface area contributed by atoms with Gasteiger partial charge in [0, 0.05) is 18.3 Å². The van der Waals surface area contributed by atoms with Crippen molar-refractivity contribution in [3.8, 4) is 11.4 Å². The van der Waals surface area contributed by atoms with Crippen LogP contribution in [0.25, 0.3) is 11.4 Å². The molecule has 0 aromatic carbocycles. The van der Waals surface area contributed by atoms with E-state index in [1.807, 2.05) is 0 Å². The Morgan fingerprint density at radius 1 is 1.18 bits per heavy atom. The van der Waals surface area contributed by atoms with Gasteiger partial charge in [0.2, 0.25) is 5.91 Å². The fourth-order valence-electron chi connectivity index (χ4n) is 1.49. The molecule has 0 atom stereocenters. The Hall–Kier alpha value is -3.07.